The first kappa shape index (κ1) is 17.1. The summed E-state index contributed by atoms with van der Waals surface area (Å²) in [6.45, 7) is 2.11. The van der Waals surface area contributed by atoms with Crippen molar-refractivity contribution >= 4 is 38.1 Å². The van der Waals surface area contributed by atoms with E-state index in [4.69, 9.17) is 5.73 Å². The zero-order chi connectivity index (χ0) is 16.0. The molecular weight excluding hydrogens is 322 g/mol. The number of carbonyl (C=O) groups excluding carboxylic acids is 1. The van der Waals surface area contributed by atoms with Crippen LogP contribution >= 0.6 is 11.3 Å². The van der Waals surface area contributed by atoms with Crippen molar-refractivity contribution in [1.29, 1.82) is 0 Å². The van der Waals surface area contributed by atoms with Gasteiger partial charge in [-0.15, -0.1) is 0 Å². The van der Waals surface area contributed by atoms with Gasteiger partial charge in [-0.25, -0.2) is 17.9 Å². The fraction of sp³-hybridized carbons (Fsp3) is 0.444. The molecule has 1 aromatic heterocycles. The monoisotopic (exact) mass is 337 g/mol. The smallest absolute Gasteiger partial charge is 0.312 e. The number of nitrogens with zero attached hydrogens (tertiary/aromatic N) is 1. The average molecular weight is 337 g/mol. The van der Waals surface area contributed by atoms with Crippen molar-refractivity contribution in [1.82, 2.24) is 10.0 Å². The first-order valence-electron chi connectivity index (χ1n) is 5.83. The lowest BCUT2D eigenvalue weighted by Gasteiger charge is -2.04. The molecule has 1 rings (SSSR count). The molecular formula is C9H15N5O5S2. The number of nitrogens with two attached hydrogens (primary N) is 1. The number of nitrogens with one attached hydrogen (secondary N) is 3. The Morgan fingerprint density at radius 1 is 1.48 bits per heavy atom. The second-order valence-corrected chi connectivity index (χ2v) is 6.80. The molecule has 0 bridgehead atoms. The summed E-state index contributed by atoms with van der Waals surface area (Å²) in [5.41, 5.74) is 4.54. The Kier molecular flexibility index (Phi) is 5.87. The van der Waals surface area contributed by atoms with Crippen molar-refractivity contribution < 1.29 is 18.1 Å². The molecule has 0 aliphatic carbocycles. The van der Waals surface area contributed by atoms with Crippen LogP contribution in [0.5, 0.6) is 0 Å². The van der Waals surface area contributed by atoms with E-state index in [0.717, 1.165) is 17.4 Å². The second kappa shape index (κ2) is 7.19. The van der Waals surface area contributed by atoms with Gasteiger partial charge in [-0.1, -0.05) is 11.3 Å². The fourth-order valence-corrected chi connectivity index (χ4v) is 3.83. The lowest BCUT2D eigenvalue weighted by molar-refractivity contribution is -0.383. The SMILES string of the molecule is CCNc1sc(S(=O)(=O)NCCNC(N)=O)cc1[N+](=O)[O-]. The molecule has 0 aliphatic rings. The van der Waals surface area contributed by atoms with E-state index in [2.05, 4.69) is 15.4 Å². The van der Waals surface area contributed by atoms with Crippen LogP contribution in [0.15, 0.2) is 10.3 Å². The van der Waals surface area contributed by atoms with Crippen molar-refractivity contribution in [3.8, 4) is 0 Å². The quantitative estimate of drug-likeness (QED) is 0.298. The van der Waals surface area contributed by atoms with Crippen LogP contribution in [0.2, 0.25) is 0 Å². The summed E-state index contributed by atoms with van der Waals surface area (Å²) in [5, 5.41) is 16.0. The van der Waals surface area contributed by atoms with E-state index in [1.165, 1.54) is 0 Å². The minimum absolute atomic E-state index is 0.0160. The number of thiophene rings is 1. The van der Waals surface area contributed by atoms with Crippen LogP contribution in [0.3, 0.4) is 0 Å². The van der Waals surface area contributed by atoms with E-state index in [-0.39, 0.29) is 28.0 Å². The molecule has 1 aromatic rings. The molecule has 0 fully saturated rings. The van der Waals surface area contributed by atoms with E-state index < -0.39 is 21.0 Å². The van der Waals surface area contributed by atoms with Crippen LogP contribution in [0.4, 0.5) is 15.5 Å². The normalized spacial score (nSPS) is 11.1. The first-order chi connectivity index (χ1) is 9.77. The van der Waals surface area contributed by atoms with Gasteiger partial charge < -0.3 is 16.4 Å². The van der Waals surface area contributed by atoms with Crippen molar-refractivity contribution in [3.05, 3.63) is 16.2 Å². The maximum absolute atomic E-state index is 12.0. The number of sulfonamides is 1. The summed E-state index contributed by atoms with van der Waals surface area (Å²) in [6, 6.07) is 0.224. The molecule has 0 unspecified atom stereocenters. The van der Waals surface area contributed by atoms with Gasteiger partial charge in [0, 0.05) is 25.7 Å². The number of hydrogen-bond acceptors (Lipinski definition) is 7. The van der Waals surface area contributed by atoms with Crippen LogP contribution in [0, 0.1) is 10.1 Å². The minimum Gasteiger partial charge on any atom is -0.372 e. The van der Waals surface area contributed by atoms with Crippen LogP contribution in [-0.4, -0.2) is 39.0 Å². The lowest BCUT2D eigenvalue weighted by Crippen LogP contribution is -2.37. The molecule has 10 nitrogen and oxygen atoms in total. The van der Waals surface area contributed by atoms with Gasteiger partial charge in [0.25, 0.3) is 0 Å². The summed E-state index contributed by atoms with van der Waals surface area (Å²) in [7, 11) is -3.88. The van der Waals surface area contributed by atoms with E-state index >= 15 is 0 Å². The predicted octanol–water partition coefficient (Wildman–Crippen LogP) is 0.0347. The lowest BCUT2D eigenvalue weighted by atomic mass is 10.5. The highest BCUT2D eigenvalue weighted by Gasteiger charge is 2.25. The molecule has 0 spiro atoms. The number of carbonyl (C=O) groups is 1. The third-order valence-corrected chi connectivity index (χ3v) is 5.22. The minimum atomic E-state index is -3.88. The van der Waals surface area contributed by atoms with Crippen molar-refractivity contribution in [2.75, 3.05) is 25.0 Å². The van der Waals surface area contributed by atoms with Gasteiger partial charge in [0.15, 0.2) is 5.00 Å². The summed E-state index contributed by atoms with van der Waals surface area (Å²) in [4.78, 5) is 20.7. The van der Waals surface area contributed by atoms with Crippen molar-refractivity contribution in [3.63, 3.8) is 0 Å². The Bertz CT molecular complexity index is 626. The molecule has 118 valence electrons. The van der Waals surface area contributed by atoms with Gasteiger partial charge in [-0.2, -0.15) is 0 Å². The Labute approximate surface area is 124 Å². The van der Waals surface area contributed by atoms with E-state index in [9.17, 15) is 23.3 Å². The molecule has 0 radical (unpaired) electrons. The second-order valence-electron chi connectivity index (χ2n) is 3.76. The fourth-order valence-electron chi connectivity index (χ4n) is 1.36. The van der Waals surface area contributed by atoms with Gasteiger partial charge in [0.1, 0.15) is 4.21 Å². The first-order valence-corrected chi connectivity index (χ1v) is 8.13. The third-order valence-electron chi connectivity index (χ3n) is 2.21. The van der Waals surface area contributed by atoms with Crippen LogP contribution in [0.25, 0.3) is 0 Å². The highest BCUT2D eigenvalue weighted by atomic mass is 32.2. The largest absolute Gasteiger partial charge is 0.372 e. The van der Waals surface area contributed by atoms with Crippen molar-refractivity contribution in [2.24, 2.45) is 5.73 Å². The Morgan fingerprint density at radius 2 is 2.14 bits per heavy atom. The number of nitro groups is 1. The predicted molar refractivity (Wildman–Crippen MR) is 77.9 cm³/mol. The molecule has 12 heteroatoms. The maximum Gasteiger partial charge on any atom is 0.312 e. The summed E-state index contributed by atoms with van der Waals surface area (Å²) in [5.74, 6) is 0. The molecule has 0 saturated heterocycles. The van der Waals surface area contributed by atoms with Gasteiger partial charge in [-0.3, -0.25) is 10.1 Å². The average Bonchev–Trinajstić information content (AvgIpc) is 2.80. The van der Waals surface area contributed by atoms with Crippen molar-refractivity contribution in [2.45, 2.75) is 11.1 Å². The van der Waals surface area contributed by atoms with Gasteiger partial charge >= 0.3 is 11.7 Å². The van der Waals surface area contributed by atoms with E-state index in [1.807, 2.05) is 0 Å². The number of urea groups is 1. The summed E-state index contributed by atoms with van der Waals surface area (Å²) in [6.07, 6.45) is 0. The number of amides is 2. The number of primary amides is 1. The molecule has 0 atom stereocenters. The highest BCUT2D eigenvalue weighted by Crippen LogP contribution is 2.36. The maximum atomic E-state index is 12.0. The van der Waals surface area contributed by atoms with Crippen LogP contribution in [0.1, 0.15) is 6.92 Å². The molecule has 0 aromatic carbocycles. The van der Waals surface area contributed by atoms with E-state index in [0.29, 0.717) is 6.54 Å². The summed E-state index contributed by atoms with van der Waals surface area (Å²) >= 11 is 0.768. The zero-order valence-electron chi connectivity index (χ0n) is 11.1. The molecule has 5 N–H and O–H groups in total. The Hall–Kier alpha value is -1.92. The third kappa shape index (κ3) is 4.84. The Morgan fingerprint density at radius 3 is 2.67 bits per heavy atom. The van der Waals surface area contributed by atoms with Gasteiger partial charge in [0.2, 0.25) is 10.0 Å². The zero-order valence-corrected chi connectivity index (χ0v) is 12.7. The number of anilines is 1. The molecule has 0 saturated carbocycles. The standard InChI is InChI=1S/C9H15N5O5S2/c1-2-11-8-6(14(16)17)5-7(20-8)21(18,19)13-4-3-12-9(10)15/h5,11,13H,2-4H2,1H3,(H3,10,12,15). The van der Waals surface area contributed by atoms with Gasteiger partial charge in [0.05, 0.1) is 4.92 Å². The molecule has 0 aliphatic heterocycles. The number of hydrogen-bond donors (Lipinski definition) is 4. The highest BCUT2D eigenvalue weighted by molar-refractivity contribution is 7.91. The Balaban J connectivity index is 2.85. The number of rotatable bonds is 8. The van der Waals surface area contributed by atoms with Crippen LogP contribution < -0.4 is 21.1 Å². The molecule has 2 amide bonds. The molecule has 1 heterocycles. The van der Waals surface area contributed by atoms with Gasteiger partial charge in [-0.05, 0) is 6.92 Å². The molecule has 21 heavy (non-hydrogen) atoms. The topological polar surface area (TPSA) is 156 Å². The summed E-state index contributed by atoms with van der Waals surface area (Å²) < 4.78 is 26.0. The van der Waals surface area contributed by atoms with Crippen LogP contribution in [-0.2, 0) is 10.0 Å². The van der Waals surface area contributed by atoms with E-state index in [1.54, 1.807) is 6.92 Å².